The van der Waals surface area contributed by atoms with Crippen LogP contribution < -0.4 is 0 Å². The summed E-state index contributed by atoms with van der Waals surface area (Å²) in [5, 5.41) is 9.71. The smallest absolute Gasteiger partial charge is 0.349 e. The number of hydrogen-bond acceptors (Lipinski definition) is 3. The van der Waals surface area contributed by atoms with Gasteiger partial charge in [0.25, 0.3) is 0 Å². The molecule has 94 valence electrons. The van der Waals surface area contributed by atoms with Gasteiger partial charge in [-0.05, 0) is 31.1 Å². The molecule has 0 aliphatic carbocycles. The summed E-state index contributed by atoms with van der Waals surface area (Å²) in [4.78, 5) is 11.6. The first kappa shape index (κ1) is 14.6. The highest BCUT2D eigenvalue weighted by molar-refractivity contribution is 6.43. The maximum atomic E-state index is 11.6. The van der Waals surface area contributed by atoms with E-state index in [1.807, 2.05) is 6.07 Å². The van der Waals surface area contributed by atoms with Gasteiger partial charge in [-0.1, -0.05) is 35.3 Å². The second-order valence-electron chi connectivity index (χ2n) is 3.43. The zero-order valence-corrected chi connectivity index (χ0v) is 11.5. The number of ether oxygens (including phenoxy) is 1. The molecule has 0 saturated carbocycles. The molecule has 0 aliphatic heterocycles. The van der Waals surface area contributed by atoms with E-state index < -0.39 is 5.97 Å². The average molecular weight is 284 g/mol. The molecule has 0 fully saturated rings. The second kappa shape index (κ2) is 6.44. The van der Waals surface area contributed by atoms with Crippen LogP contribution in [-0.2, 0) is 9.53 Å². The Hall–Kier alpha value is -1.50. The normalized spacial score (nSPS) is 11.5. The Kier molecular flexibility index (Phi) is 5.21. The molecule has 0 radical (unpaired) electrons. The van der Waals surface area contributed by atoms with Crippen molar-refractivity contribution in [2.24, 2.45) is 0 Å². The highest BCUT2D eigenvalue weighted by Gasteiger charge is 2.17. The van der Waals surface area contributed by atoms with E-state index in [-0.39, 0.29) is 12.2 Å². The molecular formula is C13H11Cl2NO2. The molecule has 0 amide bonds. The molecule has 0 unspecified atom stereocenters. The summed E-state index contributed by atoms with van der Waals surface area (Å²) in [5.74, 6) is -0.659. The molecule has 0 aromatic heterocycles. The third-order valence-electron chi connectivity index (χ3n) is 2.32. The molecule has 0 heterocycles. The van der Waals surface area contributed by atoms with E-state index in [9.17, 15) is 4.79 Å². The Bertz CT molecular complexity index is 544. The highest BCUT2D eigenvalue weighted by atomic mass is 35.5. The first-order valence-corrected chi connectivity index (χ1v) is 6.01. The quantitative estimate of drug-likeness (QED) is 0.481. The molecule has 1 aromatic rings. The topological polar surface area (TPSA) is 50.1 Å². The Morgan fingerprint density at radius 3 is 2.67 bits per heavy atom. The Morgan fingerprint density at radius 1 is 1.44 bits per heavy atom. The molecule has 1 rings (SSSR count). The number of nitriles is 1. The van der Waals surface area contributed by atoms with Crippen LogP contribution in [0.3, 0.4) is 0 Å². The van der Waals surface area contributed by atoms with Crippen LogP contribution in [0.4, 0.5) is 0 Å². The van der Waals surface area contributed by atoms with E-state index >= 15 is 0 Å². The summed E-state index contributed by atoms with van der Waals surface area (Å²) in [6.45, 7) is 3.52. The summed E-state index contributed by atoms with van der Waals surface area (Å²) in [6, 6.07) is 6.87. The van der Waals surface area contributed by atoms with Crippen molar-refractivity contribution in [3.8, 4) is 6.07 Å². The monoisotopic (exact) mass is 283 g/mol. The third-order valence-corrected chi connectivity index (χ3v) is 3.14. The van der Waals surface area contributed by atoms with Crippen molar-refractivity contribution in [3.05, 3.63) is 39.4 Å². The maximum Gasteiger partial charge on any atom is 0.349 e. The van der Waals surface area contributed by atoms with Gasteiger partial charge in [0, 0.05) is 0 Å². The van der Waals surface area contributed by atoms with E-state index in [0.29, 0.717) is 21.2 Å². The van der Waals surface area contributed by atoms with Crippen molar-refractivity contribution in [1.29, 1.82) is 5.26 Å². The Balaban J connectivity index is 3.33. The lowest BCUT2D eigenvalue weighted by atomic mass is 10.0. The first-order chi connectivity index (χ1) is 8.52. The molecule has 0 saturated heterocycles. The van der Waals surface area contributed by atoms with Crippen LogP contribution in [-0.4, -0.2) is 12.6 Å². The zero-order valence-electron chi connectivity index (χ0n) is 9.96. The Labute approximate surface area is 116 Å². The molecule has 3 nitrogen and oxygen atoms in total. The van der Waals surface area contributed by atoms with Crippen molar-refractivity contribution >= 4 is 34.7 Å². The molecule has 0 atom stereocenters. The molecule has 1 aromatic carbocycles. The summed E-state index contributed by atoms with van der Waals surface area (Å²) in [7, 11) is 0. The predicted octanol–water partition coefficient (Wildman–Crippen LogP) is 3.85. The summed E-state index contributed by atoms with van der Waals surface area (Å²) in [5.41, 5.74) is 0.929. The number of carbonyl (C=O) groups excluding carboxylic acids is 1. The summed E-state index contributed by atoms with van der Waals surface area (Å²) < 4.78 is 4.81. The number of rotatable bonds is 3. The number of allylic oxidation sites excluding steroid dienone is 1. The van der Waals surface area contributed by atoms with Crippen molar-refractivity contribution in [1.82, 2.24) is 0 Å². The van der Waals surface area contributed by atoms with E-state index in [1.54, 1.807) is 32.0 Å². The van der Waals surface area contributed by atoms with Crippen LogP contribution >= 0.6 is 23.2 Å². The van der Waals surface area contributed by atoms with Crippen molar-refractivity contribution in [2.75, 3.05) is 6.61 Å². The van der Waals surface area contributed by atoms with Crippen LogP contribution in [0.15, 0.2) is 23.8 Å². The standard InChI is InChI=1S/C13H11Cl2NO2/c1-3-18-13(17)10(7-16)8(2)9-5-4-6-11(14)12(9)15/h4-6H,3H2,1-2H3. The van der Waals surface area contributed by atoms with Gasteiger partial charge in [0.1, 0.15) is 11.6 Å². The van der Waals surface area contributed by atoms with Gasteiger partial charge < -0.3 is 4.74 Å². The summed E-state index contributed by atoms with van der Waals surface area (Å²) >= 11 is 11.9. The second-order valence-corrected chi connectivity index (χ2v) is 4.22. The van der Waals surface area contributed by atoms with Crippen molar-refractivity contribution < 1.29 is 9.53 Å². The molecule has 0 aliphatic rings. The highest BCUT2D eigenvalue weighted by Crippen LogP contribution is 2.31. The maximum absolute atomic E-state index is 11.6. The fourth-order valence-corrected chi connectivity index (χ4v) is 1.86. The zero-order chi connectivity index (χ0) is 13.7. The van der Waals surface area contributed by atoms with Gasteiger partial charge >= 0.3 is 5.97 Å². The lowest BCUT2D eigenvalue weighted by Gasteiger charge is -2.08. The van der Waals surface area contributed by atoms with Crippen molar-refractivity contribution in [3.63, 3.8) is 0 Å². The van der Waals surface area contributed by atoms with Gasteiger partial charge in [-0.2, -0.15) is 5.26 Å². The number of hydrogen-bond donors (Lipinski definition) is 0. The largest absolute Gasteiger partial charge is 0.462 e. The minimum Gasteiger partial charge on any atom is -0.462 e. The lowest BCUT2D eigenvalue weighted by molar-refractivity contribution is -0.137. The van der Waals surface area contributed by atoms with Crippen LogP contribution in [0.25, 0.3) is 5.57 Å². The van der Waals surface area contributed by atoms with Gasteiger partial charge in [-0.25, -0.2) is 4.79 Å². The number of benzene rings is 1. The number of halogens is 2. The first-order valence-electron chi connectivity index (χ1n) is 5.25. The third kappa shape index (κ3) is 3.04. The van der Waals surface area contributed by atoms with E-state index in [4.69, 9.17) is 33.2 Å². The van der Waals surface area contributed by atoms with E-state index in [2.05, 4.69) is 0 Å². The number of carbonyl (C=O) groups is 1. The minimum atomic E-state index is -0.659. The Morgan fingerprint density at radius 2 is 2.11 bits per heavy atom. The molecule has 0 N–H and O–H groups in total. The predicted molar refractivity (Wildman–Crippen MR) is 71.3 cm³/mol. The van der Waals surface area contributed by atoms with Crippen LogP contribution in [0.1, 0.15) is 19.4 Å². The van der Waals surface area contributed by atoms with Gasteiger partial charge in [0.15, 0.2) is 0 Å². The number of esters is 1. The van der Waals surface area contributed by atoms with Crippen LogP contribution in [0.5, 0.6) is 0 Å². The van der Waals surface area contributed by atoms with Crippen molar-refractivity contribution in [2.45, 2.75) is 13.8 Å². The van der Waals surface area contributed by atoms with Crippen LogP contribution in [0.2, 0.25) is 10.0 Å². The lowest BCUT2D eigenvalue weighted by Crippen LogP contribution is -2.08. The molecule has 0 bridgehead atoms. The molecule has 18 heavy (non-hydrogen) atoms. The fourth-order valence-electron chi connectivity index (χ4n) is 1.41. The average Bonchev–Trinajstić information content (AvgIpc) is 2.33. The van der Waals surface area contributed by atoms with E-state index in [1.165, 1.54) is 0 Å². The van der Waals surface area contributed by atoms with Gasteiger partial charge in [-0.3, -0.25) is 0 Å². The van der Waals surface area contributed by atoms with E-state index in [0.717, 1.165) is 0 Å². The SMILES string of the molecule is CCOC(=O)C(C#N)=C(C)c1cccc(Cl)c1Cl. The molecule has 5 heteroatoms. The fraction of sp³-hybridized carbons (Fsp3) is 0.231. The summed E-state index contributed by atoms with van der Waals surface area (Å²) in [6.07, 6.45) is 0. The molecular weight excluding hydrogens is 273 g/mol. The van der Waals surface area contributed by atoms with Gasteiger partial charge in [0.05, 0.1) is 16.7 Å². The van der Waals surface area contributed by atoms with Crippen LogP contribution in [0, 0.1) is 11.3 Å². The van der Waals surface area contributed by atoms with Gasteiger partial charge in [-0.15, -0.1) is 0 Å². The number of nitrogens with zero attached hydrogens (tertiary/aromatic N) is 1. The van der Waals surface area contributed by atoms with Gasteiger partial charge in [0.2, 0.25) is 0 Å². The molecule has 0 spiro atoms. The minimum absolute atomic E-state index is 0.0685.